The number of imidazole rings is 1. The van der Waals surface area contributed by atoms with Crippen LogP contribution in [0.2, 0.25) is 0 Å². The largest absolute Gasteiger partial charge is 0.524 e. The van der Waals surface area contributed by atoms with Crippen molar-refractivity contribution in [3.8, 4) is 23.8 Å². The van der Waals surface area contributed by atoms with Crippen LogP contribution in [-0.2, 0) is 33.5 Å². The van der Waals surface area contributed by atoms with Crippen LogP contribution in [0.4, 0.5) is 5.82 Å². The van der Waals surface area contributed by atoms with Crippen molar-refractivity contribution in [3.63, 3.8) is 0 Å². The van der Waals surface area contributed by atoms with Gasteiger partial charge in [0.25, 0.3) is 5.91 Å². The topological polar surface area (TPSA) is 182 Å². The van der Waals surface area contributed by atoms with Crippen LogP contribution in [0.25, 0.3) is 21.9 Å². The summed E-state index contributed by atoms with van der Waals surface area (Å²) in [6.45, 7) is 3.75. The molecule has 0 aliphatic rings. The first-order chi connectivity index (χ1) is 20.6. The van der Waals surface area contributed by atoms with E-state index in [2.05, 4.69) is 17.2 Å². The Bertz CT molecular complexity index is 1690. The second-order valence-corrected chi connectivity index (χ2v) is 11.3. The van der Waals surface area contributed by atoms with E-state index in [4.69, 9.17) is 26.4 Å². The standard InChI is InChI=1S/C30H36N5O7P/c1-3-5-9-26-34-28-29(35(26)19-21-18-22(36)11-13-25(21)42-43(38,39)40)23-12-10-20(17-24(23)33-30(28)31)8-6-15-41-16-7-14-32-27(37)4-2/h2,10-13,17-18,36H,3,5-9,14-16,19H2,1H3,(H2,31,33)(H,32,37)(H2,38,39,40). The number of nitrogens with two attached hydrogens (primary N) is 1. The number of phosphoric acid groups is 1. The number of nitrogen functional groups attached to an aromatic ring is 1. The number of carbonyl (C=O) groups excluding carboxylic acids is 1. The fourth-order valence-corrected chi connectivity index (χ4v) is 5.27. The SMILES string of the molecule is C#CC(=O)NCCCOCCCc1ccc2c(c1)nc(N)c1nc(CCCC)n(Cc3cc(O)ccc3OP(=O)(O)O)c12. The summed E-state index contributed by atoms with van der Waals surface area (Å²) >= 11 is 0. The summed E-state index contributed by atoms with van der Waals surface area (Å²) in [4.78, 5) is 39.4. The van der Waals surface area contributed by atoms with Crippen molar-refractivity contribution < 1.29 is 33.5 Å². The molecular weight excluding hydrogens is 573 g/mol. The van der Waals surface area contributed by atoms with E-state index in [0.717, 1.165) is 48.0 Å². The highest BCUT2D eigenvalue weighted by atomic mass is 31.2. The molecule has 0 aliphatic heterocycles. The highest BCUT2D eigenvalue weighted by Crippen LogP contribution is 2.41. The number of nitrogens with zero attached hydrogens (tertiary/aromatic N) is 3. The number of anilines is 1. The summed E-state index contributed by atoms with van der Waals surface area (Å²) in [5.74, 6) is 2.49. The normalized spacial score (nSPS) is 11.6. The van der Waals surface area contributed by atoms with Gasteiger partial charge in [0, 0.05) is 37.1 Å². The number of terminal acetylenes is 1. The van der Waals surface area contributed by atoms with Crippen LogP contribution in [-0.4, -0.2) is 55.1 Å². The second kappa shape index (κ2) is 14.4. The number of benzene rings is 2. The number of amides is 1. The molecule has 0 fully saturated rings. The van der Waals surface area contributed by atoms with Gasteiger partial charge in [0.2, 0.25) is 0 Å². The van der Waals surface area contributed by atoms with E-state index in [9.17, 15) is 24.3 Å². The molecule has 43 heavy (non-hydrogen) atoms. The van der Waals surface area contributed by atoms with Gasteiger partial charge in [-0.25, -0.2) is 14.5 Å². The molecule has 2 aromatic carbocycles. The van der Waals surface area contributed by atoms with E-state index in [0.29, 0.717) is 49.2 Å². The molecule has 0 spiro atoms. The smallest absolute Gasteiger partial charge is 0.508 e. The fourth-order valence-electron chi connectivity index (χ4n) is 4.84. The number of rotatable bonds is 15. The Labute approximate surface area is 249 Å². The second-order valence-electron chi connectivity index (χ2n) is 10.1. The van der Waals surface area contributed by atoms with Gasteiger partial charge in [-0.05, 0) is 61.4 Å². The Hall–Kier alpha value is -4.14. The van der Waals surface area contributed by atoms with Crippen molar-refractivity contribution in [3.05, 3.63) is 53.3 Å². The molecule has 13 heteroatoms. The van der Waals surface area contributed by atoms with E-state index in [1.165, 1.54) is 18.2 Å². The van der Waals surface area contributed by atoms with Crippen LogP contribution in [0.1, 0.15) is 49.6 Å². The molecule has 12 nitrogen and oxygen atoms in total. The first-order valence-corrected chi connectivity index (χ1v) is 15.6. The third-order valence-electron chi connectivity index (χ3n) is 6.83. The summed E-state index contributed by atoms with van der Waals surface area (Å²) in [7, 11) is -4.84. The molecule has 6 N–H and O–H groups in total. The number of nitrogens with one attached hydrogen (secondary N) is 1. The Morgan fingerprint density at radius 1 is 1.12 bits per heavy atom. The lowest BCUT2D eigenvalue weighted by Crippen LogP contribution is -2.23. The molecular formula is C30H36N5O7P. The van der Waals surface area contributed by atoms with Crippen LogP contribution < -0.4 is 15.6 Å². The van der Waals surface area contributed by atoms with Gasteiger partial charge in [-0.3, -0.25) is 14.6 Å². The third kappa shape index (κ3) is 8.46. The van der Waals surface area contributed by atoms with Gasteiger partial charge in [-0.15, -0.1) is 6.42 Å². The minimum Gasteiger partial charge on any atom is -0.508 e. The fraction of sp³-hybridized carbons (Fsp3) is 0.367. The molecule has 2 aromatic heterocycles. The molecule has 228 valence electrons. The Morgan fingerprint density at radius 3 is 2.65 bits per heavy atom. The van der Waals surface area contributed by atoms with E-state index in [1.807, 2.05) is 28.7 Å². The monoisotopic (exact) mass is 609 g/mol. The zero-order valence-corrected chi connectivity index (χ0v) is 24.8. The number of hydrogen-bond donors (Lipinski definition) is 5. The van der Waals surface area contributed by atoms with Crippen LogP contribution in [0.3, 0.4) is 0 Å². The summed E-state index contributed by atoms with van der Waals surface area (Å²) in [6, 6.07) is 10.0. The molecule has 2 heterocycles. The quantitative estimate of drug-likeness (QED) is 0.0755. The predicted octanol–water partition coefficient (Wildman–Crippen LogP) is 3.82. The first kappa shape index (κ1) is 31.8. The Balaban J connectivity index is 1.60. The number of carbonyl (C=O) groups is 1. The summed E-state index contributed by atoms with van der Waals surface area (Å²) in [5, 5.41) is 13.6. The lowest BCUT2D eigenvalue weighted by atomic mass is 10.1. The van der Waals surface area contributed by atoms with Crippen molar-refractivity contribution in [1.29, 1.82) is 0 Å². The molecule has 0 radical (unpaired) electrons. The highest BCUT2D eigenvalue weighted by molar-refractivity contribution is 7.46. The molecule has 0 saturated carbocycles. The molecule has 0 unspecified atom stereocenters. The lowest BCUT2D eigenvalue weighted by Gasteiger charge is -2.16. The number of unbranched alkanes of at least 4 members (excludes halogenated alkanes) is 1. The Kier molecular flexibility index (Phi) is 10.6. The number of hydrogen-bond acceptors (Lipinski definition) is 8. The van der Waals surface area contributed by atoms with Gasteiger partial charge < -0.3 is 30.0 Å². The van der Waals surface area contributed by atoms with Crippen LogP contribution in [0.5, 0.6) is 11.5 Å². The van der Waals surface area contributed by atoms with Gasteiger partial charge >= 0.3 is 7.82 Å². The van der Waals surface area contributed by atoms with Crippen molar-refractivity contribution >= 4 is 41.5 Å². The number of phenols is 1. The van der Waals surface area contributed by atoms with Crippen molar-refractivity contribution in [2.24, 2.45) is 0 Å². The molecule has 4 rings (SSSR count). The van der Waals surface area contributed by atoms with E-state index in [-0.39, 0.29) is 23.9 Å². The minimum absolute atomic E-state index is 0.0393. The molecule has 0 atom stereocenters. The van der Waals surface area contributed by atoms with Crippen molar-refractivity contribution in [2.75, 3.05) is 25.5 Å². The number of aryl methyl sites for hydroxylation is 2. The lowest BCUT2D eigenvalue weighted by molar-refractivity contribution is -0.115. The zero-order valence-electron chi connectivity index (χ0n) is 24.0. The molecule has 4 aromatic rings. The van der Waals surface area contributed by atoms with Crippen LogP contribution in [0.15, 0.2) is 36.4 Å². The molecule has 0 bridgehead atoms. The summed E-state index contributed by atoms with van der Waals surface area (Å²) < 4.78 is 24.2. The number of pyridine rings is 1. The molecule has 0 aliphatic carbocycles. The maximum atomic E-state index is 11.6. The first-order valence-electron chi connectivity index (χ1n) is 14.1. The van der Waals surface area contributed by atoms with E-state index in [1.54, 1.807) is 0 Å². The van der Waals surface area contributed by atoms with E-state index >= 15 is 0 Å². The molecule has 1 amide bonds. The Morgan fingerprint density at radius 2 is 1.91 bits per heavy atom. The maximum absolute atomic E-state index is 11.6. The number of aromatic hydroxyl groups is 1. The van der Waals surface area contributed by atoms with Crippen LogP contribution in [0, 0.1) is 12.3 Å². The van der Waals surface area contributed by atoms with Crippen molar-refractivity contribution in [1.82, 2.24) is 19.9 Å². The minimum atomic E-state index is -4.84. The summed E-state index contributed by atoms with van der Waals surface area (Å²) in [5.41, 5.74) is 9.82. The van der Waals surface area contributed by atoms with Gasteiger partial charge in [0.05, 0.1) is 17.6 Å². The van der Waals surface area contributed by atoms with Gasteiger partial charge in [-0.2, -0.15) is 0 Å². The van der Waals surface area contributed by atoms with Crippen molar-refractivity contribution in [2.45, 2.75) is 52.0 Å². The van der Waals surface area contributed by atoms with Gasteiger partial charge in [0.1, 0.15) is 22.8 Å². The maximum Gasteiger partial charge on any atom is 0.524 e. The average Bonchev–Trinajstić information content (AvgIpc) is 3.32. The third-order valence-corrected chi connectivity index (χ3v) is 7.26. The summed E-state index contributed by atoms with van der Waals surface area (Å²) in [6.07, 6.45) is 9.69. The highest BCUT2D eigenvalue weighted by Gasteiger charge is 2.22. The predicted molar refractivity (Wildman–Crippen MR) is 164 cm³/mol. The number of aromatic nitrogens is 3. The van der Waals surface area contributed by atoms with Gasteiger partial charge in [0.15, 0.2) is 5.82 Å². The number of phenolic OH excluding ortho intramolecular Hbond substituents is 1. The van der Waals surface area contributed by atoms with Gasteiger partial charge in [-0.1, -0.05) is 25.5 Å². The number of ether oxygens (including phenoxy) is 1. The zero-order chi connectivity index (χ0) is 31.0. The molecule has 0 saturated heterocycles. The van der Waals surface area contributed by atoms with E-state index < -0.39 is 13.7 Å². The van der Waals surface area contributed by atoms with Crippen LogP contribution >= 0.6 is 7.82 Å². The average molecular weight is 610 g/mol. The number of phosphoric ester groups is 1. The number of fused-ring (bicyclic) bond motifs is 3.